The van der Waals surface area contributed by atoms with Crippen LogP contribution >= 0.6 is 0 Å². The molecular formula is C39H77N2+. The molecule has 0 aliphatic rings. The molecule has 1 rings (SSSR count). The number of rotatable bonds is 33. The summed E-state index contributed by atoms with van der Waals surface area (Å²) in [5.74, 6) is 1.61. The normalized spacial score (nSPS) is 11.6. The van der Waals surface area contributed by atoms with Gasteiger partial charge in [0, 0.05) is 6.42 Å². The Morgan fingerprint density at radius 2 is 0.756 bits per heavy atom. The molecule has 1 aromatic heterocycles. The molecule has 0 saturated carbocycles. The second kappa shape index (κ2) is 30.7. The highest BCUT2D eigenvalue weighted by atomic mass is 15.1. The number of hydrogen-bond acceptors (Lipinski definition) is 0. The summed E-state index contributed by atoms with van der Waals surface area (Å²) in [5.41, 5.74) is 0. The second-order valence-electron chi connectivity index (χ2n) is 13.4. The third kappa shape index (κ3) is 23.4. The summed E-state index contributed by atoms with van der Waals surface area (Å²) in [6.45, 7) is 9.39. The summed E-state index contributed by atoms with van der Waals surface area (Å²) in [4.78, 5) is 0. The van der Waals surface area contributed by atoms with Gasteiger partial charge in [0.1, 0.15) is 12.4 Å². The first-order chi connectivity index (χ1) is 20.3. The van der Waals surface area contributed by atoms with Gasteiger partial charge < -0.3 is 0 Å². The third-order valence-corrected chi connectivity index (χ3v) is 9.35. The van der Waals surface area contributed by atoms with Gasteiger partial charge in [-0.3, -0.25) is 0 Å². The van der Waals surface area contributed by atoms with E-state index in [1.165, 1.54) is 212 Å². The molecule has 0 aliphatic heterocycles. The summed E-state index contributed by atoms with van der Waals surface area (Å²) in [5, 5.41) is 0. The molecule has 0 spiro atoms. The molecule has 0 saturated heterocycles. The summed E-state index contributed by atoms with van der Waals surface area (Å²) < 4.78 is 5.23. The molecule has 242 valence electrons. The van der Waals surface area contributed by atoms with Gasteiger partial charge in [-0.05, 0) is 32.1 Å². The first-order valence-electron chi connectivity index (χ1n) is 19.4. The average Bonchev–Trinajstić information content (AvgIpc) is 3.37. The quantitative estimate of drug-likeness (QED) is 0.0584. The molecule has 0 radical (unpaired) electrons. The lowest BCUT2D eigenvalue weighted by atomic mass is 10.0. The monoisotopic (exact) mass is 574 g/mol. The van der Waals surface area contributed by atoms with Crippen molar-refractivity contribution >= 4 is 0 Å². The van der Waals surface area contributed by atoms with Gasteiger partial charge in [-0.25, -0.2) is 9.13 Å². The van der Waals surface area contributed by atoms with Crippen LogP contribution in [0.2, 0.25) is 0 Å². The van der Waals surface area contributed by atoms with E-state index in [2.05, 4.69) is 42.3 Å². The Hall–Kier alpha value is -0.790. The molecule has 0 aromatic carbocycles. The predicted octanol–water partition coefficient (Wildman–Crippen LogP) is 13.1. The highest BCUT2D eigenvalue weighted by Gasteiger charge is 2.16. The Morgan fingerprint density at radius 1 is 0.415 bits per heavy atom. The van der Waals surface area contributed by atoms with Gasteiger partial charge in [0.05, 0.1) is 13.1 Å². The van der Waals surface area contributed by atoms with E-state index in [4.69, 9.17) is 0 Å². The number of imidazole rings is 1. The van der Waals surface area contributed by atoms with E-state index in [9.17, 15) is 0 Å². The molecule has 0 N–H and O–H groups in total. The summed E-state index contributed by atoms with van der Waals surface area (Å²) >= 11 is 0. The highest BCUT2D eigenvalue weighted by molar-refractivity contribution is 4.84. The van der Waals surface area contributed by atoms with Crippen molar-refractivity contribution in [3.8, 4) is 0 Å². The molecule has 0 aliphatic carbocycles. The first kappa shape index (κ1) is 38.2. The number of nitrogens with zero attached hydrogens (tertiary/aromatic N) is 2. The molecule has 0 amide bonds. The maximum Gasteiger partial charge on any atom is 0.256 e. The summed E-state index contributed by atoms with van der Waals surface area (Å²) in [7, 11) is 0. The third-order valence-electron chi connectivity index (χ3n) is 9.35. The zero-order valence-corrected chi connectivity index (χ0v) is 28.9. The predicted molar refractivity (Wildman–Crippen MR) is 184 cm³/mol. The van der Waals surface area contributed by atoms with Crippen molar-refractivity contribution in [2.45, 2.75) is 233 Å². The van der Waals surface area contributed by atoms with Gasteiger partial charge in [0.15, 0.2) is 0 Å². The lowest BCUT2D eigenvalue weighted by molar-refractivity contribution is -0.704. The zero-order chi connectivity index (χ0) is 29.5. The van der Waals surface area contributed by atoms with Crippen LogP contribution in [0.3, 0.4) is 0 Å². The van der Waals surface area contributed by atoms with Gasteiger partial charge in [0.25, 0.3) is 5.82 Å². The van der Waals surface area contributed by atoms with Gasteiger partial charge in [-0.15, -0.1) is 0 Å². The van der Waals surface area contributed by atoms with E-state index in [0.717, 1.165) is 0 Å². The number of aryl methyl sites for hydroxylation is 2. The Balaban J connectivity index is 2.19. The number of aromatic nitrogens is 2. The molecule has 0 atom stereocenters. The fourth-order valence-corrected chi connectivity index (χ4v) is 6.50. The van der Waals surface area contributed by atoms with Crippen molar-refractivity contribution in [1.82, 2.24) is 4.57 Å². The van der Waals surface area contributed by atoms with E-state index < -0.39 is 0 Å². The minimum absolute atomic E-state index is 1.22. The van der Waals surface area contributed by atoms with Crippen molar-refractivity contribution in [3.63, 3.8) is 0 Å². The van der Waals surface area contributed by atoms with Gasteiger partial charge in [0.2, 0.25) is 0 Å². The van der Waals surface area contributed by atoms with E-state index in [1.54, 1.807) is 5.82 Å². The van der Waals surface area contributed by atoms with Crippen LogP contribution < -0.4 is 4.57 Å². The SMILES string of the molecule is CCCCCCCCCCCCCCCC[n+]1ccn(CCCCCC)c1CCCCCCCCCCCCCC. The fourth-order valence-electron chi connectivity index (χ4n) is 6.50. The maximum absolute atomic E-state index is 2.62. The minimum Gasteiger partial charge on any atom is -0.234 e. The van der Waals surface area contributed by atoms with Crippen LogP contribution in [0, 0.1) is 0 Å². The Labute approximate surface area is 259 Å². The smallest absolute Gasteiger partial charge is 0.234 e. The summed E-state index contributed by atoms with van der Waals surface area (Å²) in [6.07, 6.45) is 48.9. The zero-order valence-electron chi connectivity index (χ0n) is 28.9. The molecule has 0 bridgehead atoms. The van der Waals surface area contributed by atoms with Gasteiger partial charge >= 0.3 is 0 Å². The van der Waals surface area contributed by atoms with Crippen LogP contribution in [0.5, 0.6) is 0 Å². The number of hydrogen-bond donors (Lipinski definition) is 0. The fraction of sp³-hybridized carbons (Fsp3) is 0.923. The van der Waals surface area contributed by atoms with Crippen LogP contribution in [-0.2, 0) is 19.5 Å². The molecule has 1 heterocycles. The van der Waals surface area contributed by atoms with Crippen LogP contribution in [0.4, 0.5) is 0 Å². The molecule has 41 heavy (non-hydrogen) atoms. The topological polar surface area (TPSA) is 8.81 Å². The van der Waals surface area contributed by atoms with Crippen molar-refractivity contribution in [2.24, 2.45) is 0 Å². The lowest BCUT2D eigenvalue weighted by Gasteiger charge is -2.07. The largest absolute Gasteiger partial charge is 0.256 e. The Bertz CT molecular complexity index is 634. The highest BCUT2D eigenvalue weighted by Crippen LogP contribution is 2.15. The lowest BCUT2D eigenvalue weighted by Crippen LogP contribution is -2.37. The molecule has 2 heteroatoms. The Kier molecular flexibility index (Phi) is 28.6. The van der Waals surface area contributed by atoms with Crippen LogP contribution in [-0.4, -0.2) is 4.57 Å². The Morgan fingerprint density at radius 3 is 1.17 bits per heavy atom. The molecular weight excluding hydrogens is 496 g/mol. The average molecular weight is 574 g/mol. The second-order valence-corrected chi connectivity index (χ2v) is 13.4. The van der Waals surface area contributed by atoms with Crippen LogP contribution in [0.15, 0.2) is 12.4 Å². The van der Waals surface area contributed by atoms with Crippen LogP contribution in [0.25, 0.3) is 0 Å². The van der Waals surface area contributed by atoms with Crippen molar-refractivity contribution < 1.29 is 4.57 Å². The molecule has 1 aromatic rings. The van der Waals surface area contributed by atoms with E-state index in [1.807, 2.05) is 0 Å². The molecule has 0 fully saturated rings. The maximum atomic E-state index is 2.62. The van der Waals surface area contributed by atoms with Gasteiger partial charge in [-0.1, -0.05) is 181 Å². The van der Waals surface area contributed by atoms with E-state index >= 15 is 0 Å². The van der Waals surface area contributed by atoms with Gasteiger partial charge in [-0.2, -0.15) is 0 Å². The molecule has 0 unspecified atom stereocenters. The standard InChI is InChI=1S/C39H77N2/c1-4-7-10-13-15-17-19-21-22-24-26-28-30-33-36-41-38-37-40(35-32-12-9-6-3)39(41)34-31-29-27-25-23-20-18-16-14-11-8-5-2/h37-38H,4-36H2,1-3H3/q+1. The van der Waals surface area contributed by atoms with Crippen molar-refractivity contribution in [3.05, 3.63) is 18.2 Å². The minimum atomic E-state index is 1.22. The van der Waals surface area contributed by atoms with Crippen molar-refractivity contribution in [2.75, 3.05) is 0 Å². The van der Waals surface area contributed by atoms with E-state index in [-0.39, 0.29) is 0 Å². The number of unbranched alkanes of at least 4 members (excludes halogenated alkanes) is 27. The first-order valence-corrected chi connectivity index (χ1v) is 19.4. The molecule has 2 nitrogen and oxygen atoms in total. The van der Waals surface area contributed by atoms with Crippen molar-refractivity contribution in [1.29, 1.82) is 0 Å². The van der Waals surface area contributed by atoms with E-state index in [0.29, 0.717) is 0 Å². The summed E-state index contributed by atoms with van der Waals surface area (Å²) in [6, 6.07) is 0. The van der Waals surface area contributed by atoms with Crippen LogP contribution in [0.1, 0.15) is 219 Å².